The highest BCUT2D eigenvalue weighted by molar-refractivity contribution is 5.85. The van der Waals surface area contributed by atoms with Crippen molar-refractivity contribution in [1.82, 2.24) is 9.97 Å². The summed E-state index contributed by atoms with van der Waals surface area (Å²) in [6.45, 7) is 1.99. The summed E-state index contributed by atoms with van der Waals surface area (Å²) in [4.78, 5) is 10.2. The number of aromatic nitrogens is 2. The number of benzene rings is 2. The molecule has 0 bridgehead atoms. The maximum atomic E-state index is 14.4. The average Bonchev–Trinajstić information content (AvgIpc) is 2.67. The molecule has 2 heterocycles. The van der Waals surface area contributed by atoms with Crippen molar-refractivity contribution in [2.24, 2.45) is 0 Å². The van der Waals surface area contributed by atoms with Crippen LogP contribution in [0.3, 0.4) is 0 Å². The molecule has 28 heavy (non-hydrogen) atoms. The fraction of sp³-hybridized carbons (Fsp3) is 0.143. The number of methoxy groups -OCH3 is 1. The van der Waals surface area contributed by atoms with E-state index in [2.05, 4.69) is 9.97 Å². The van der Waals surface area contributed by atoms with E-state index in [-0.39, 0.29) is 24.1 Å². The van der Waals surface area contributed by atoms with Crippen molar-refractivity contribution in [3.8, 4) is 17.3 Å². The van der Waals surface area contributed by atoms with Crippen molar-refractivity contribution in [3.63, 3.8) is 0 Å². The molecule has 0 aliphatic carbocycles. The lowest BCUT2D eigenvalue weighted by atomic mass is 9.99. The number of hydrogen-bond donors (Lipinski definition) is 0. The summed E-state index contributed by atoms with van der Waals surface area (Å²) < 4.78 is 47.6. The number of rotatable bonds is 3. The zero-order valence-corrected chi connectivity index (χ0v) is 15.2. The van der Waals surface area contributed by atoms with E-state index in [1.807, 2.05) is 0 Å². The number of nitrogens with zero attached hydrogens (tertiary/aromatic N) is 3. The summed E-state index contributed by atoms with van der Waals surface area (Å²) in [6.07, 6.45) is 3.56. The maximum Gasteiger partial charge on any atom is 0.318 e. The topological polar surface area (TPSA) is 38.3 Å². The molecule has 0 saturated heterocycles. The van der Waals surface area contributed by atoms with Gasteiger partial charge in [0.25, 0.3) is 0 Å². The van der Waals surface area contributed by atoms with Crippen LogP contribution in [-0.4, -0.2) is 23.6 Å². The van der Waals surface area contributed by atoms with Crippen LogP contribution < -0.4 is 9.64 Å². The molecule has 1 aliphatic rings. The van der Waals surface area contributed by atoms with E-state index < -0.39 is 11.6 Å². The summed E-state index contributed by atoms with van der Waals surface area (Å²) in [5, 5.41) is 0. The van der Waals surface area contributed by atoms with Crippen molar-refractivity contribution in [3.05, 3.63) is 71.1 Å². The number of halogens is 3. The second-order valence-electron chi connectivity index (χ2n) is 6.34. The van der Waals surface area contributed by atoms with E-state index in [0.29, 0.717) is 28.2 Å². The Morgan fingerprint density at radius 1 is 1.04 bits per heavy atom. The molecule has 0 saturated carbocycles. The van der Waals surface area contributed by atoms with E-state index in [1.165, 1.54) is 42.3 Å². The van der Waals surface area contributed by atoms with Gasteiger partial charge in [-0.1, -0.05) is 18.2 Å². The first-order chi connectivity index (χ1) is 13.5. The second-order valence-corrected chi connectivity index (χ2v) is 6.34. The lowest BCUT2D eigenvalue weighted by Crippen LogP contribution is -2.25. The van der Waals surface area contributed by atoms with Crippen molar-refractivity contribution < 1.29 is 17.9 Å². The third kappa shape index (κ3) is 2.98. The minimum Gasteiger partial charge on any atom is -0.467 e. The van der Waals surface area contributed by atoms with Crippen LogP contribution in [0.15, 0.2) is 42.5 Å². The fourth-order valence-corrected chi connectivity index (χ4v) is 3.29. The molecule has 4 nitrogen and oxygen atoms in total. The Morgan fingerprint density at radius 3 is 2.46 bits per heavy atom. The summed E-state index contributed by atoms with van der Waals surface area (Å²) in [5.41, 5.74) is 2.22. The number of aryl methyl sites for hydroxylation is 1. The van der Waals surface area contributed by atoms with Gasteiger partial charge < -0.3 is 9.64 Å². The van der Waals surface area contributed by atoms with Gasteiger partial charge in [0, 0.05) is 17.7 Å². The van der Waals surface area contributed by atoms with Crippen LogP contribution in [0.5, 0.6) is 6.01 Å². The Hall–Kier alpha value is -3.35. The van der Waals surface area contributed by atoms with E-state index >= 15 is 0 Å². The number of anilines is 2. The first-order valence-electron chi connectivity index (χ1n) is 8.60. The average molecular weight is 383 g/mol. The van der Waals surface area contributed by atoms with Crippen LogP contribution in [0.25, 0.3) is 17.3 Å². The lowest BCUT2D eigenvalue weighted by Gasteiger charge is -2.29. The first kappa shape index (κ1) is 18.0. The lowest BCUT2D eigenvalue weighted by molar-refractivity contribution is 0.380. The van der Waals surface area contributed by atoms with Crippen LogP contribution >= 0.6 is 0 Å². The van der Waals surface area contributed by atoms with Crippen molar-refractivity contribution in [2.75, 3.05) is 18.6 Å². The molecule has 0 spiro atoms. The van der Waals surface area contributed by atoms with Crippen molar-refractivity contribution in [1.29, 1.82) is 0 Å². The molecule has 3 aromatic rings. The van der Waals surface area contributed by atoms with Gasteiger partial charge in [0.15, 0.2) is 0 Å². The summed E-state index contributed by atoms with van der Waals surface area (Å²) >= 11 is 0. The summed E-state index contributed by atoms with van der Waals surface area (Å²) in [6, 6.07) is 8.10. The molecule has 142 valence electrons. The number of fused-ring (bicyclic) bond motifs is 1. The van der Waals surface area contributed by atoms with Gasteiger partial charge in [-0.2, -0.15) is 9.97 Å². The van der Waals surface area contributed by atoms with Gasteiger partial charge in [0.1, 0.15) is 29.0 Å². The largest absolute Gasteiger partial charge is 0.467 e. The van der Waals surface area contributed by atoms with Gasteiger partial charge in [-0.25, -0.2) is 13.2 Å². The van der Waals surface area contributed by atoms with Gasteiger partial charge in [-0.15, -0.1) is 0 Å². The van der Waals surface area contributed by atoms with Gasteiger partial charge >= 0.3 is 6.01 Å². The molecule has 2 aromatic carbocycles. The highest BCUT2D eigenvalue weighted by Crippen LogP contribution is 2.39. The molecule has 0 unspecified atom stereocenters. The first-order valence-corrected chi connectivity index (χ1v) is 8.60. The molecule has 0 amide bonds. The van der Waals surface area contributed by atoms with Crippen molar-refractivity contribution >= 4 is 17.6 Å². The van der Waals surface area contributed by atoms with Gasteiger partial charge in [0.2, 0.25) is 0 Å². The Labute approximate surface area is 159 Å². The zero-order valence-electron chi connectivity index (χ0n) is 15.2. The Balaban J connectivity index is 1.97. The molecular weight excluding hydrogens is 367 g/mol. The normalized spacial score (nSPS) is 12.8. The molecule has 0 atom stereocenters. The minimum atomic E-state index is -0.696. The smallest absolute Gasteiger partial charge is 0.318 e. The third-order valence-electron chi connectivity index (χ3n) is 4.57. The Morgan fingerprint density at radius 2 is 1.79 bits per heavy atom. The Kier molecular flexibility index (Phi) is 4.50. The Bertz CT molecular complexity index is 1080. The summed E-state index contributed by atoms with van der Waals surface area (Å²) in [5.74, 6) is -1.43. The second kappa shape index (κ2) is 6.99. The van der Waals surface area contributed by atoms with Gasteiger partial charge in [-0.3, -0.25) is 0 Å². The fourth-order valence-electron chi connectivity index (χ4n) is 3.29. The van der Waals surface area contributed by atoms with E-state index in [0.717, 1.165) is 0 Å². The van der Waals surface area contributed by atoms with E-state index in [4.69, 9.17) is 4.74 Å². The number of para-hydroxylation sites is 1. The molecule has 1 aromatic heterocycles. The van der Waals surface area contributed by atoms with E-state index in [1.54, 1.807) is 25.1 Å². The molecule has 1 aliphatic heterocycles. The predicted octanol–water partition coefficient (Wildman–Crippen LogP) is 5.04. The molecule has 0 radical (unpaired) electrons. The quantitative estimate of drug-likeness (QED) is 0.635. The molecule has 0 N–H and O–H groups in total. The highest BCUT2D eigenvalue weighted by atomic mass is 19.1. The zero-order chi connectivity index (χ0) is 19.8. The van der Waals surface area contributed by atoms with Crippen LogP contribution in [0.4, 0.5) is 24.7 Å². The molecule has 0 fully saturated rings. The molecule has 4 rings (SSSR count). The van der Waals surface area contributed by atoms with Crippen LogP contribution in [0.2, 0.25) is 0 Å². The van der Waals surface area contributed by atoms with Crippen LogP contribution in [-0.2, 0) is 0 Å². The van der Waals surface area contributed by atoms with Gasteiger partial charge in [-0.05, 0) is 42.8 Å². The standard InChI is InChI=1S/C21H16F3N3O/c1-12-11-13(22)8-9-14(12)18-15-5-4-10-27(20(15)26-21(25-18)28-2)19-16(23)6-3-7-17(19)24/h3-9,11H,10H2,1-2H3. The van der Waals surface area contributed by atoms with Crippen molar-refractivity contribution in [2.45, 2.75) is 6.92 Å². The summed E-state index contributed by atoms with van der Waals surface area (Å²) in [7, 11) is 1.41. The number of ether oxygens (including phenoxy) is 1. The maximum absolute atomic E-state index is 14.4. The number of hydrogen-bond acceptors (Lipinski definition) is 4. The van der Waals surface area contributed by atoms with Gasteiger partial charge in [0.05, 0.1) is 12.8 Å². The van der Waals surface area contributed by atoms with Crippen LogP contribution in [0.1, 0.15) is 11.1 Å². The molecular formula is C21H16F3N3O. The highest BCUT2D eigenvalue weighted by Gasteiger charge is 2.27. The van der Waals surface area contributed by atoms with Crippen LogP contribution in [0, 0.1) is 24.4 Å². The monoisotopic (exact) mass is 383 g/mol. The van der Waals surface area contributed by atoms with E-state index in [9.17, 15) is 13.2 Å². The minimum absolute atomic E-state index is 0.0505. The SMILES string of the molecule is COc1nc(-c2ccc(F)cc2C)c2c(n1)N(c1c(F)cccc1F)CC=C2. The predicted molar refractivity (Wildman–Crippen MR) is 101 cm³/mol. The molecule has 7 heteroatoms. The third-order valence-corrected chi connectivity index (χ3v) is 4.57.